The van der Waals surface area contributed by atoms with E-state index in [1.54, 1.807) is 24.4 Å². The molecule has 0 radical (unpaired) electrons. The van der Waals surface area contributed by atoms with Crippen molar-refractivity contribution in [3.63, 3.8) is 0 Å². The van der Waals surface area contributed by atoms with Crippen LogP contribution in [0.4, 0.5) is 4.39 Å². The molecule has 120 valence electrons. The molecule has 1 saturated carbocycles. The number of nitrogens with zero attached hydrogens (tertiary/aromatic N) is 4. The largest absolute Gasteiger partial charge is 0.476 e. The summed E-state index contributed by atoms with van der Waals surface area (Å²) in [7, 11) is 0. The third-order valence-electron chi connectivity index (χ3n) is 3.86. The second-order valence-corrected chi connectivity index (χ2v) is 5.70. The van der Waals surface area contributed by atoms with Gasteiger partial charge in [-0.1, -0.05) is 0 Å². The lowest BCUT2D eigenvalue weighted by Gasteiger charge is -2.08. The van der Waals surface area contributed by atoms with Gasteiger partial charge >= 0.3 is 5.97 Å². The molecule has 0 aliphatic heterocycles. The standard InChI is InChI=1S/C17H13FN4O2/c18-12-5-3-10(4-6-12)14-9-15(20-16(19-14)11-1-2-11)22-8-7-13(21-22)17(23)24/h3-9,11H,1-2H2,(H,23,24). The third-order valence-corrected chi connectivity index (χ3v) is 3.86. The number of hydrogen-bond donors (Lipinski definition) is 1. The Hall–Kier alpha value is -3.09. The number of carboxylic acids is 1. The summed E-state index contributed by atoms with van der Waals surface area (Å²) < 4.78 is 14.6. The van der Waals surface area contributed by atoms with Crippen LogP contribution in [0.2, 0.25) is 0 Å². The molecule has 1 N–H and O–H groups in total. The summed E-state index contributed by atoms with van der Waals surface area (Å²) in [5.41, 5.74) is 1.38. The summed E-state index contributed by atoms with van der Waals surface area (Å²) in [6, 6.07) is 9.21. The number of hydrogen-bond acceptors (Lipinski definition) is 4. The SMILES string of the molecule is O=C(O)c1ccn(-c2cc(-c3ccc(F)cc3)nc(C3CC3)n2)n1. The van der Waals surface area contributed by atoms with Gasteiger partial charge in [-0.2, -0.15) is 5.10 Å². The minimum absolute atomic E-state index is 0.0510. The molecule has 24 heavy (non-hydrogen) atoms. The minimum atomic E-state index is -1.09. The molecule has 1 fully saturated rings. The van der Waals surface area contributed by atoms with E-state index in [0.29, 0.717) is 23.3 Å². The predicted molar refractivity (Wildman–Crippen MR) is 83.5 cm³/mol. The Labute approximate surface area is 136 Å². The summed E-state index contributed by atoms with van der Waals surface area (Å²) in [6.45, 7) is 0. The predicted octanol–water partition coefficient (Wildman–Crippen LogP) is 3.04. The van der Waals surface area contributed by atoms with E-state index in [-0.39, 0.29) is 11.5 Å². The van der Waals surface area contributed by atoms with Gasteiger partial charge in [-0.25, -0.2) is 23.8 Å². The molecule has 7 heteroatoms. The number of benzene rings is 1. The quantitative estimate of drug-likeness (QED) is 0.798. The van der Waals surface area contributed by atoms with Crippen LogP contribution in [0.25, 0.3) is 17.1 Å². The lowest BCUT2D eigenvalue weighted by Crippen LogP contribution is -2.06. The molecule has 0 amide bonds. The summed E-state index contributed by atoms with van der Waals surface area (Å²) in [4.78, 5) is 20.1. The van der Waals surface area contributed by atoms with Crippen molar-refractivity contribution in [1.82, 2.24) is 19.7 Å². The van der Waals surface area contributed by atoms with Crippen LogP contribution in [0.3, 0.4) is 0 Å². The number of rotatable bonds is 4. The normalized spacial score (nSPS) is 13.9. The Bertz CT molecular complexity index is 917. The van der Waals surface area contributed by atoms with Crippen LogP contribution in [0.1, 0.15) is 35.1 Å². The van der Waals surface area contributed by atoms with Gasteiger partial charge in [-0.3, -0.25) is 0 Å². The fourth-order valence-corrected chi connectivity index (χ4v) is 2.43. The molecule has 3 aromatic rings. The van der Waals surface area contributed by atoms with Gasteiger partial charge in [0.1, 0.15) is 11.6 Å². The molecular weight excluding hydrogens is 311 g/mol. The summed E-state index contributed by atoms with van der Waals surface area (Å²) in [6.07, 6.45) is 3.62. The van der Waals surface area contributed by atoms with Crippen LogP contribution >= 0.6 is 0 Å². The van der Waals surface area contributed by atoms with Gasteiger partial charge in [0.2, 0.25) is 0 Å². The van der Waals surface area contributed by atoms with Crippen LogP contribution in [0.15, 0.2) is 42.6 Å². The van der Waals surface area contributed by atoms with E-state index in [2.05, 4.69) is 15.1 Å². The highest BCUT2D eigenvalue weighted by Gasteiger charge is 2.28. The summed E-state index contributed by atoms with van der Waals surface area (Å²) >= 11 is 0. The van der Waals surface area contributed by atoms with Gasteiger partial charge in [0.05, 0.1) is 5.69 Å². The topological polar surface area (TPSA) is 80.9 Å². The molecule has 0 unspecified atom stereocenters. The van der Waals surface area contributed by atoms with Crippen molar-refractivity contribution in [2.24, 2.45) is 0 Å². The van der Waals surface area contributed by atoms with E-state index in [9.17, 15) is 9.18 Å². The Morgan fingerprint density at radius 2 is 1.92 bits per heavy atom. The monoisotopic (exact) mass is 324 g/mol. The van der Waals surface area contributed by atoms with E-state index in [1.165, 1.54) is 22.9 Å². The highest BCUT2D eigenvalue weighted by molar-refractivity contribution is 5.85. The van der Waals surface area contributed by atoms with Gasteiger partial charge in [-0.15, -0.1) is 0 Å². The van der Waals surface area contributed by atoms with Gasteiger partial charge in [-0.05, 0) is 43.2 Å². The lowest BCUT2D eigenvalue weighted by atomic mass is 10.1. The first-order chi connectivity index (χ1) is 11.6. The van der Waals surface area contributed by atoms with Gasteiger partial charge in [0.25, 0.3) is 0 Å². The first kappa shape index (κ1) is 14.5. The summed E-state index contributed by atoms with van der Waals surface area (Å²) in [5.74, 6) is 0.120. The number of halogens is 1. The van der Waals surface area contributed by atoms with E-state index < -0.39 is 5.97 Å². The minimum Gasteiger partial charge on any atom is -0.476 e. The zero-order chi connectivity index (χ0) is 16.7. The number of carboxylic acid groups (broad SMARTS) is 1. The van der Waals surface area contributed by atoms with Gasteiger partial charge < -0.3 is 5.11 Å². The maximum atomic E-state index is 13.1. The van der Waals surface area contributed by atoms with Crippen LogP contribution in [0, 0.1) is 5.82 Å². The third kappa shape index (κ3) is 2.76. The van der Waals surface area contributed by atoms with Crippen molar-refractivity contribution in [3.8, 4) is 17.1 Å². The first-order valence-corrected chi connectivity index (χ1v) is 7.54. The maximum absolute atomic E-state index is 13.1. The molecule has 1 aromatic carbocycles. The lowest BCUT2D eigenvalue weighted by molar-refractivity contribution is 0.0690. The second kappa shape index (κ2) is 5.52. The Kier molecular flexibility index (Phi) is 3.34. The number of aromatic nitrogens is 4. The van der Waals surface area contributed by atoms with E-state index >= 15 is 0 Å². The smallest absolute Gasteiger partial charge is 0.356 e. The van der Waals surface area contributed by atoms with Crippen molar-refractivity contribution in [2.45, 2.75) is 18.8 Å². The van der Waals surface area contributed by atoms with Crippen molar-refractivity contribution in [1.29, 1.82) is 0 Å². The number of aromatic carboxylic acids is 1. The molecule has 0 atom stereocenters. The van der Waals surface area contributed by atoms with Crippen molar-refractivity contribution in [3.05, 3.63) is 59.9 Å². The molecule has 1 aliphatic carbocycles. The molecule has 0 saturated heterocycles. The Balaban J connectivity index is 1.81. The average molecular weight is 324 g/mol. The van der Waals surface area contributed by atoms with Crippen molar-refractivity contribution >= 4 is 5.97 Å². The highest BCUT2D eigenvalue weighted by atomic mass is 19.1. The summed E-state index contributed by atoms with van der Waals surface area (Å²) in [5, 5.41) is 13.0. The zero-order valence-corrected chi connectivity index (χ0v) is 12.6. The molecule has 4 rings (SSSR count). The fraction of sp³-hybridized carbons (Fsp3) is 0.176. The van der Waals surface area contributed by atoms with Gasteiger partial charge in [0, 0.05) is 23.7 Å². The number of carbonyl (C=O) groups is 1. The fourth-order valence-electron chi connectivity index (χ4n) is 2.43. The Morgan fingerprint density at radius 1 is 1.17 bits per heavy atom. The zero-order valence-electron chi connectivity index (χ0n) is 12.6. The van der Waals surface area contributed by atoms with Crippen LogP contribution in [-0.2, 0) is 0 Å². The van der Waals surface area contributed by atoms with Crippen molar-refractivity contribution < 1.29 is 14.3 Å². The molecular formula is C17H13FN4O2. The van der Waals surface area contributed by atoms with Crippen molar-refractivity contribution in [2.75, 3.05) is 0 Å². The van der Waals surface area contributed by atoms with Crippen LogP contribution in [-0.4, -0.2) is 30.8 Å². The molecule has 1 aliphatic rings. The van der Waals surface area contributed by atoms with E-state index in [0.717, 1.165) is 18.4 Å². The highest BCUT2D eigenvalue weighted by Crippen LogP contribution is 2.39. The molecule has 6 nitrogen and oxygen atoms in total. The van der Waals surface area contributed by atoms with Crippen LogP contribution in [0.5, 0.6) is 0 Å². The maximum Gasteiger partial charge on any atom is 0.356 e. The van der Waals surface area contributed by atoms with Crippen LogP contribution < -0.4 is 0 Å². The van der Waals surface area contributed by atoms with E-state index in [1.807, 2.05) is 0 Å². The molecule has 2 aromatic heterocycles. The molecule has 0 bridgehead atoms. The van der Waals surface area contributed by atoms with E-state index in [4.69, 9.17) is 5.11 Å². The Morgan fingerprint density at radius 3 is 2.54 bits per heavy atom. The van der Waals surface area contributed by atoms with Gasteiger partial charge in [0.15, 0.2) is 11.5 Å². The molecule has 0 spiro atoms. The average Bonchev–Trinajstić information content (AvgIpc) is 3.31. The first-order valence-electron chi connectivity index (χ1n) is 7.54. The molecule has 2 heterocycles. The second-order valence-electron chi connectivity index (χ2n) is 5.70.